The normalized spacial score (nSPS) is 20.0. The van der Waals surface area contributed by atoms with Crippen molar-refractivity contribution in [3.05, 3.63) is 35.9 Å². The van der Waals surface area contributed by atoms with Crippen molar-refractivity contribution in [2.45, 2.75) is 25.9 Å². The first kappa shape index (κ1) is 15.5. The lowest BCUT2D eigenvalue weighted by Crippen LogP contribution is -2.42. The number of rotatable bonds is 5. The van der Waals surface area contributed by atoms with Crippen LogP contribution in [0, 0.1) is 5.92 Å². The molecule has 0 radical (unpaired) electrons. The van der Waals surface area contributed by atoms with Crippen LogP contribution >= 0.6 is 0 Å². The fraction of sp³-hybridized carbons (Fsp3) is 0.500. The van der Waals surface area contributed by atoms with Gasteiger partial charge in [0.1, 0.15) is 6.10 Å². The van der Waals surface area contributed by atoms with Crippen LogP contribution in [0.2, 0.25) is 0 Å². The highest BCUT2D eigenvalue weighted by molar-refractivity contribution is 5.77. The second-order valence-electron chi connectivity index (χ2n) is 5.52. The maximum Gasteiger partial charge on any atom is 0.303 e. The molecule has 1 aromatic carbocycles. The van der Waals surface area contributed by atoms with Crippen molar-refractivity contribution < 1.29 is 19.4 Å². The number of carboxylic acids is 1. The predicted molar refractivity (Wildman–Crippen MR) is 77.7 cm³/mol. The Kier molecular flexibility index (Phi) is 5.33. The molecule has 2 unspecified atom stereocenters. The number of carbonyl (C=O) groups excluding carboxylic acids is 1. The zero-order valence-electron chi connectivity index (χ0n) is 12.2. The average Bonchev–Trinajstić information content (AvgIpc) is 2.47. The zero-order valence-corrected chi connectivity index (χ0v) is 12.2. The van der Waals surface area contributed by atoms with Gasteiger partial charge < -0.3 is 14.7 Å². The van der Waals surface area contributed by atoms with Gasteiger partial charge in [-0.2, -0.15) is 0 Å². The number of ether oxygens (including phenoxy) is 1. The summed E-state index contributed by atoms with van der Waals surface area (Å²) in [5, 5.41) is 8.75. The number of carboxylic acid groups (broad SMARTS) is 1. The molecule has 1 fully saturated rings. The van der Waals surface area contributed by atoms with E-state index in [4.69, 9.17) is 9.84 Å². The first-order valence-electron chi connectivity index (χ1n) is 7.22. The molecule has 1 aromatic rings. The van der Waals surface area contributed by atoms with Gasteiger partial charge in [0.2, 0.25) is 5.91 Å². The fourth-order valence-corrected chi connectivity index (χ4v) is 2.54. The SMILES string of the molecule is CC(CC(=O)O)CC(=O)N1CCOC(c2ccccc2)C1. The summed E-state index contributed by atoms with van der Waals surface area (Å²) in [6.45, 7) is 3.41. The number of carbonyl (C=O) groups is 2. The van der Waals surface area contributed by atoms with Gasteiger partial charge in [0.25, 0.3) is 0 Å². The third kappa shape index (κ3) is 4.56. The van der Waals surface area contributed by atoms with Crippen LogP contribution in [0.25, 0.3) is 0 Å². The van der Waals surface area contributed by atoms with Gasteiger partial charge in [-0.1, -0.05) is 37.3 Å². The minimum atomic E-state index is -0.862. The van der Waals surface area contributed by atoms with Crippen LogP contribution in [0.1, 0.15) is 31.4 Å². The molecule has 0 aromatic heterocycles. The van der Waals surface area contributed by atoms with E-state index in [0.717, 1.165) is 5.56 Å². The van der Waals surface area contributed by atoms with Gasteiger partial charge in [-0.3, -0.25) is 9.59 Å². The molecule has 0 bridgehead atoms. The summed E-state index contributed by atoms with van der Waals surface area (Å²) in [6, 6.07) is 9.84. The summed E-state index contributed by atoms with van der Waals surface area (Å²) in [6.07, 6.45) is 0.199. The molecule has 2 rings (SSSR count). The predicted octanol–water partition coefficient (Wildman–Crippen LogP) is 2.09. The first-order valence-corrected chi connectivity index (χ1v) is 7.22. The Balaban J connectivity index is 1.91. The molecule has 1 amide bonds. The van der Waals surface area contributed by atoms with E-state index in [-0.39, 0.29) is 30.8 Å². The molecule has 0 saturated carbocycles. The van der Waals surface area contributed by atoms with Gasteiger partial charge in [0.15, 0.2) is 0 Å². The van der Waals surface area contributed by atoms with Crippen LogP contribution in [0.15, 0.2) is 30.3 Å². The Labute approximate surface area is 124 Å². The minimum Gasteiger partial charge on any atom is -0.481 e. The van der Waals surface area contributed by atoms with Crippen molar-refractivity contribution in [3.63, 3.8) is 0 Å². The molecule has 1 saturated heterocycles. The molecule has 1 aliphatic heterocycles. The number of aliphatic carboxylic acids is 1. The monoisotopic (exact) mass is 291 g/mol. The molecule has 5 heteroatoms. The average molecular weight is 291 g/mol. The van der Waals surface area contributed by atoms with E-state index in [1.54, 1.807) is 11.8 Å². The highest BCUT2D eigenvalue weighted by Crippen LogP contribution is 2.23. The number of benzene rings is 1. The smallest absolute Gasteiger partial charge is 0.303 e. The van der Waals surface area contributed by atoms with Crippen molar-refractivity contribution in [3.8, 4) is 0 Å². The quantitative estimate of drug-likeness (QED) is 0.902. The second kappa shape index (κ2) is 7.22. The summed E-state index contributed by atoms with van der Waals surface area (Å²) < 4.78 is 5.73. The highest BCUT2D eigenvalue weighted by atomic mass is 16.5. The van der Waals surface area contributed by atoms with Crippen LogP contribution in [-0.2, 0) is 14.3 Å². The van der Waals surface area contributed by atoms with Crippen molar-refractivity contribution in [1.82, 2.24) is 4.90 Å². The first-order chi connectivity index (χ1) is 10.1. The van der Waals surface area contributed by atoms with Crippen molar-refractivity contribution >= 4 is 11.9 Å². The lowest BCUT2D eigenvalue weighted by Gasteiger charge is -2.33. The molecule has 1 N–H and O–H groups in total. The molecule has 21 heavy (non-hydrogen) atoms. The Morgan fingerprint density at radius 2 is 2.05 bits per heavy atom. The standard InChI is InChI=1S/C16H21NO4/c1-12(10-16(19)20)9-15(18)17-7-8-21-14(11-17)13-5-3-2-4-6-13/h2-6,12,14H,7-11H2,1H3,(H,19,20). The van der Waals surface area contributed by atoms with Gasteiger partial charge in [0, 0.05) is 19.4 Å². The van der Waals surface area contributed by atoms with Gasteiger partial charge in [-0.15, -0.1) is 0 Å². The molecule has 2 atom stereocenters. The molecule has 0 spiro atoms. The third-order valence-electron chi connectivity index (χ3n) is 3.64. The molecular weight excluding hydrogens is 270 g/mol. The largest absolute Gasteiger partial charge is 0.481 e. The lowest BCUT2D eigenvalue weighted by atomic mass is 10.0. The zero-order chi connectivity index (χ0) is 15.2. The molecule has 1 heterocycles. The van der Waals surface area contributed by atoms with E-state index >= 15 is 0 Å². The van der Waals surface area contributed by atoms with E-state index < -0.39 is 5.97 Å². The minimum absolute atomic E-state index is 0.00739. The van der Waals surface area contributed by atoms with E-state index in [1.165, 1.54) is 0 Å². The van der Waals surface area contributed by atoms with Gasteiger partial charge >= 0.3 is 5.97 Å². The Hall–Kier alpha value is -1.88. The van der Waals surface area contributed by atoms with Gasteiger partial charge in [0.05, 0.1) is 13.2 Å². The molecule has 0 aliphatic carbocycles. The maximum absolute atomic E-state index is 12.2. The topological polar surface area (TPSA) is 66.8 Å². The van der Waals surface area contributed by atoms with Crippen LogP contribution in [0.3, 0.4) is 0 Å². The van der Waals surface area contributed by atoms with E-state index in [1.807, 2.05) is 30.3 Å². The Morgan fingerprint density at radius 3 is 2.71 bits per heavy atom. The van der Waals surface area contributed by atoms with Crippen LogP contribution in [0.4, 0.5) is 0 Å². The number of nitrogens with zero attached hydrogens (tertiary/aromatic N) is 1. The van der Waals surface area contributed by atoms with Crippen molar-refractivity contribution in [2.75, 3.05) is 19.7 Å². The van der Waals surface area contributed by atoms with Crippen LogP contribution in [0.5, 0.6) is 0 Å². The summed E-state index contributed by atoms with van der Waals surface area (Å²) in [5.74, 6) is -1.000. The van der Waals surface area contributed by atoms with E-state index in [0.29, 0.717) is 19.7 Å². The summed E-state index contributed by atoms with van der Waals surface area (Å²) in [4.78, 5) is 24.7. The Bertz CT molecular complexity index is 488. The number of hydrogen-bond donors (Lipinski definition) is 1. The van der Waals surface area contributed by atoms with Crippen LogP contribution < -0.4 is 0 Å². The number of amides is 1. The van der Waals surface area contributed by atoms with Gasteiger partial charge in [-0.05, 0) is 11.5 Å². The third-order valence-corrected chi connectivity index (χ3v) is 3.64. The number of hydrogen-bond acceptors (Lipinski definition) is 3. The van der Waals surface area contributed by atoms with E-state index in [2.05, 4.69) is 0 Å². The van der Waals surface area contributed by atoms with E-state index in [9.17, 15) is 9.59 Å². The fourth-order valence-electron chi connectivity index (χ4n) is 2.54. The summed E-state index contributed by atoms with van der Waals surface area (Å²) in [5.41, 5.74) is 1.06. The molecule has 5 nitrogen and oxygen atoms in total. The lowest BCUT2D eigenvalue weighted by molar-refractivity contribution is -0.141. The summed E-state index contributed by atoms with van der Waals surface area (Å²) in [7, 11) is 0. The van der Waals surface area contributed by atoms with Crippen LogP contribution in [-0.4, -0.2) is 41.6 Å². The highest BCUT2D eigenvalue weighted by Gasteiger charge is 2.26. The Morgan fingerprint density at radius 1 is 1.33 bits per heavy atom. The maximum atomic E-state index is 12.2. The van der Waals surface area contributed by atoms with Gasteiger partial charge in [-0.25, -0.2) is 0 Å². The molecule has 114 valence electrons. The van der Waals surface area contributed by atoms with Crippen molar-refractivity contribution in [2.24, 2.45) is 5.92 Å². The molecular formula is C16H21NO4. The van der Waals surface area contributed by atoms with Crippen molar-refractivity contribution in [1.29, 1.82) is 0 Å². The number of morpholine rings is 1. The summed E-state index contributed by atoms with van der Waals surface area (Å²) >= 11 is 0. The second-order valence-corrected chi connectivity index (χ2v) is 5.52. The molecule has 1 aliphatic rings.